The predicted molar refractivity (Wildman–Crippen MR) is 110 cm³/mol. The van der Waals surface area contributed by atoms with E-state index in [0.717, 1.165) is 37.9 Å². The van der Waals surface area contributed by atoms with Crippen LogP contribution in [0.3, 0.4) is 0 Å². The minimum Gasteiger partial charge on any atom is -0.352 e. The third-order valence-corrected chi connectivity index (χ3v) is 4.53. The number of amides is 2. The molecule has 0 bridgehead atoms. The number of carbonyl (C=O) groups excluding carboxylic acids is 2. The van der Waals surface area contributed by atoms with Gasteiger partial charge in [-0.2, -0.15) is 0 Å². The number of nitrogens with zero attached hydrogens (tertiary/aromatic N) is 1. The van der Waals surface area contributed by atoms with Crippen LogP contribution < -0.4 is 5.32 Å². The average Bonchev–Trinajstić information content (AvgIpc) is 2.69. The number of benzene rings is 2. The van der Waals surface area contributed by atoms with E-state index in [1.165, 1.54) is 0 Å². The molecule has 0 aliphatic heterocycles. The molecule has 0 unspecified atom stereocenters. The predicted octanol–water partition coefficient (Wildman–Crippen LogP) is 4.57. The van der Waals surface area contributed by atoms with E-state index in [1.54, 1.807) is 24.3 Å². The summed E-state index contributed by atoms with van der Waals surface area (Å²) in [7, 11) is 0. The van der Waals surface area contributed by atoms with E-state index in [4.69, 9.17) is 11.6 Å². The second-order valence-corrected chi connectivity index (χ2v) is 6.94. The van der Waals surface area contributed by atoms with Gasteiger partial charge in [-0.3, -0.25) is 9.59 Å². The second-order valence-electron chi connectivity index (χ2n) is 6.50. The van der Waals surface area contributed by atoms with E-state index in [2.05, 4.69) is 19.2 Å². The Labute approximate surface area is 166 Å². The molecular formula is C22H27ClN2O2. The summed E-state index contributed by atoms with van der Waals surface area (Å²) in [5, 5.41) is 3.61. The Morgan fingerprint density at radius 2 is 1.44 bits per heavy atom. The van der Waals surface area contributed by atoms with Crippen molar-refractivity contribution in [3.63, 3.8) is 0 Å². The lowest BCUT2D eigenvalue weighted by Crippen LogP contribution is -2.32. The molecule has 0 aliphatic rings. The van der Waals surface area contributed by atoms with Crippen molar-refractivity contribution in [2.75, 3.05) is 19.6 Å². The van der Waals surface area contributed by atoms with Crippen molar-refractivity contribution in [2.45, 2.75) is 33.1 Å². The van der Waals surface area contributed by atoms with Gasteiger partial charge in [-0.1, -0.05) is 37.6 Å². The van der Waals surface area contributed by atoms with Crippen LogP contribution in [0.5, 0.6) is 0 Å². The molecule has 0 spiro atoms. The van der Waals surface area contributed by atoms with Crippen LogP contribution in [0.15, 0.2) is 48.5 Å². The van der Waals surface area contributed by atoms with Crippen LogP contribution in [0.2, 0.25) is 5.02 Å². The van der Waals surface area contributed by atoms with E-state index in [-0.39, 0.29) is 11.8 Å². The molecular weight excluding hydrogens is 360 g/mol. The Morgan fingerprint density at radius 3 is 2.00 bits per heavy atom. The molecule has 2 aromatic rings. The van der Waals surface area contributed by atoms with Crippen molar-refractivity contribution in [3.05, 3.63) is 70.2 Å². The number of rotatable bonds is 9. The van der Waals surface area contributed by atoms with Crippen LogP contribution >= 0.6 is 11.6 Å². The highest BCUT2D eigenvalue weighted by Gasteiger charge is 2.14. The molecule has 5 heteroatoms. The summed E-state index contributed by atoms with van der Waals surface area (Å²) < 4.78 is 0. The Hall–Kier alpha value is -2.33. The van der Waals surface area contributed by atoms with Gasteiger partial charge < -0.3 is 10.2 Å². The summed E-state index contributed by atoms with van der Waals surface area (Å²) in [6.07, 6.45) is 2.60. The molecule has 0 radical (unpaired) electrons. The average molecular weight is 387 g/mol. The van der Waals surface area contributed by atoms with Crippen molar-refractivity contribution in [1.29, 1.82) is 0 Å². The minimum atomic E-state index is -0.137. The number of carbonyl (C=O) groups is 2. The normalized spacial score (nSPS) is 10.5. The summed E-state index contributed by atoms with van der Waals surface area (Å²) in [5.74, 6) is -0.115. The number of halogens is 1. The highest BCUT2D eigenvalue weighted by Crippen LogP contribution is 2.11. The standard InChI is InChI=1S/C22H27ClN2O2/c1-3-15-25(16-4-2)22(27)19-9-7-18(8-10-19)21(26)24-14-13-17-5-11-20(23)12-6-17/h5-12H,3-4,13-16H2,1-2H3,(H,24,26). The fourth-order valence-corrected chi connectivity index (χ4v) is 3.00. The quantitative estimate of drug-likeness (QED) is 0.686. The molecule has 27 heavy (non-hydrogen) atoms. The highest BCUT2D eigenvalue weighted by molar-refractivity contribution is 6.30. The monoisotopic (exact) mass is 386 g/mol. The lowest BCUT2D eigenvalue weighted by atomic mass is 10.1. The van der Waals surface area contributed by atoms with Crippen molar-refractivity contribution in [1.82, 2.24) is 10.2 Å². The molecule has 0 fully saturated rings. The maximum Gasteiger partial charge on any atom is 0.253 e. The zero-order chi connectivity index (χ0) is 19.6. The van der Waals surface area contributed by atoms with Crippen molar-refractivity contribution in [2.24, 2.45) is 0 Å². The van der Waals surface area contributed by atoms with Gasteiger partial charge in [0.2, 0.25) is 0 Å². The third kappa shape index (κ3) is 6.40. The van der Waals surface area contributed by atoms with Gasteiger partial charge in [0.25, 0.3) is 11.8 Å². The fourth-order valence-electron chi connectivity index (χ4n) is 2.87. The molecule has 0 heterocycles. The van der Waals surface area contributed by atoms with Gasteiger partial charge in [0.15, 0.2) is 0 Å². The van der Waals surface area contributed by atoms with Gasteiger partial charge in [-0.25, -0.2) is 0 Å². The molecule has 2 rings (SSSR count). The van der Waals surface area contributed by atoms with E-state index in [0.29, 0.717) is 22.7 Å². The fraction of sp³-hybridized carbons (Fsp3) is 0.364. The molecule has 0 aliphatic carbocycles. The SMILES string of the molecule is CCCN(CCC)C(=O)c1ccc(C(=O)NCCc2ccc(Cl)cc2)cc1. The first kappa shape index (κ1) is 21.0. The van der Waals surface area contributed by atoms with Crippen LogP contribution in [0.4, 0.5) is 0 Å². The van der Waals surface area contributed by atoms with Crippen LogP contribution in [0.1, 0.15) is 53.0 Å². The van der Waals surface area contributed by atoms with Crippen molar-refractivity contribution in [3.8, 4) is 0 Å². The van der Waals surface area contributed by atoms with Crippen molar-refractivity contribution >= 4 is 23.4 Å². The van der Waals surface area contributed by atoms with Gasteiger partial charge in [0.05, 0.1) is 0 Å². The summed E-state index contributed by atoms with van der Waals surface area (Å²) in [6.45, 7) is 6.17. The van der Waals surface area contributed by atoms with Gasteiger partial charge in [0.1, 0.15) is 0 Å². The first-order valence-corrected chi connectivity index (χ1v) is 9.85. The molecule has 0 aromatic heterocycles. The van der Waals surface area contributed by atoms with Crippen LogP contribution in [0, 0.1) is 0 Å². The summed E-state index contributed by atoms with van der Waals surface area (Å²) >= 11 is 5.87. The largest absolute Gasteiger partial charge is 0.352 e. The van der Waals surface area contributed by atoms with E-state index < -0.39 is 0 Å². The van der Waals surface area contributed by atoms with Crippen LogP contribution in [-0.2, 0) is 6.42 Å². The molecule has 2 aromatic carbocycles. The molecule has 144 valence electrons. The van der Waals surface area contributed by atoms with Gasteiger partial charge in [0, 0.05) is 35.8 Å². The zero-order valence-corrected chi connectivity index (χ0v) is 16.8. The topological polar surface area (TPSA) is 49.4 Å². The molecule has 0 saturated carbocycles. The first-order valence-electron chi connectivity index (χ1n) is 9.47. The van der Waals surface area contributed by atoms with Crippen LogP contribution in [-0.4, -0.2) is 36.3 Å². The summed E-state index contributed by atoms with van der Waals surface area (Å²) in [4.78, 5) is 26.7. The Kier molecular flexibility index (Phi) is 8.34. The summed E-state index contributed by atoms with van der Waals surface area (Å²) in [5.41, 5.74) is 2.29. The molecule has 0 atom stereocenters. The van der Waals surface area contributed by atoms with Gasteiger partial charge >= 0.3 is 0 Å². The smallest absolute Gasteiger partial charge is 0.253 e. The zero-order valence-electron chi connectivity index (χ0n) is 16.0. The Balaban J connectivity index is 1.90. The number of nitrogens with one attached hydrogen (secondary N) is 1. The number of hydrogen-bond acceptors (Lipinski definition) is 2. The van der Waals surface area contributed by atoms with Crippen LogP contribution in [0.25, 0.3) is 0 Å². The Morgan fingerprint density at radius 1 is 0.889 bits per heavy atom. The third-order valence-electron chi connectivity index (χ3n) is 4.28. The molecule has 4 nitrogen and oxygen atoms in total. The highest BCUT2D eigenvalue weighted by atomic mass is 35.5. The number of hydrogen-bond donors (Lipinski definition) is 1. The van der Waals surface area contributed by atoms with Gasteiger partial charge in [-0.05, 0) is 61.2 Å². The lowest BCUT2D eigenvalue weighted by molar-refractivity contribution is 0.0755. The first-order chi connectivity index (χ1) is 13.0. The van der Waals surface area contributed by atoms with Crippen molar-refractivity contribution < 1.29 is 9.59 Å². The Bertz CT molecular complexity index is 736. The lowest BCUT2D eigenvalue weighted by Gasteiger charge is -2.21. The molecule has 2 amide bonds. The summed E-state index contributed by atoms with van der Waals surface area (Å²) in [6, 6.07) is 14.5. The second kappa shape index (κ2) is 10.7. The maximum absolute atomic E-state index is 12.6. The molecule has 1 N–H and O–H groups in total. The van der Waals surface area contributed by atoms with E-state index in [1.807, 2.05) is 29.2 Å². The minimum absolute atomic E-state index is 0.0217. The van der Waals surface area contributed by atoms with E-state index >= 15 is 0 Å². The molecule has 0 saturated heterocycles. The maximum atomic E-state index is 12.6. The van der Waals surface area contributed by atoms with Gasteiger partial charge in [-0.15, -0.1) is 0 Å². The van der Waals surface area contributed by atoms with E-state index in [9.17, 15) is 9.59 Å².